The average molecular weight is 332 g/mol. The molecule has 0 aromatic heterocycles. The third-order valence-corrected chi connectivity index (χ3v) is 3.44. The molecule has 0 unspecified atom stereocenters. The van der Waals surface area contributed by atoms with Crippen LogP contribution in [0.4, 0.5) is 11.4 Å². The molecule has 120 valence electrons. The number of rotatable bonds is 4. The monoisotopic (exact) mass is 331 g/mol. The summed E-state index contributed by atoms with van der Waals surface area (Å²) in [6.45, 7) is 0.265. The number of nitrogens with one attached hydrogen (secondary N) is 2. The van der Waals surface area contributed by atoms with Crippen molar-refractivity contribution in [3.8, 4) is 0 Å². The SMILES string of the molecule is CN(C)c1cccc(NC(=O)C(=O)NCc2ccc(Cl)cc2)c1. The lowest BCUT2D eigenvalue weighted by Crippen LogP contribution is -2.34. The van der Waals surface area contributed by atoms with Crippen molar-refractivity contribution in [1.29, 1.82) is 0 Å². The predicted molar refractivity (Wildman–Crippen MR) is 92.7 cm³/mol. The van der Waals surface area contributed by atoms with Crippen molar-refractivity contribution in [2.45, 2.75) is 6.54 Å². The van der Waals surface area contributed by atoms with Crippen LogP contribution in [-0.2, 0) is 16.1 Å². The van der Waals surface area contributed by atoms with E-state index in [1.165, 1.54) is 0 Å². The van der Waals surface area contributed by atoms with Crippen LogP contribution in [0.25, 0.3) is 0 Å². The Bertz CT molecular complexity index is 699. The summed E-state index contributed by atoms with van der Waals surface area (Å²) >= 11 is 5.80. The Balaban J connectivity index is 1.91. The highest BCUT2D eigenvalue weighted by Gasteiger charge is 2.13. The fourth-order valence-corrected chi connectivity index (χ4v) is 2.04. The van der Waals surface area contributed by atoms with E-state index in [-0.39, 0.29) is 6.54 Å². The molecule has 0 fully saturated rings. The lowest BCUT2D eigenvalue weighted by Gasteiger charge is -2.14. The first kappa shape index (κ1) is 16.8. The second-order valence-electron chi connectivity index (χ2n) is 5.21. The summed E-state index contributed by atoms with van der Waals surface area (Å²) in [5.74, 6) is -1.38. The highest BCUT2D eigenvalue weighted by Crippen LogP contribution is 2.17. The van der Waals surface area contributed by atoms with Crippen LogP contribution in [0.3, 0.4) is 0 Å². The minimum absolute atomic E-state index is 0.265. The lowest BCUT2D eigenvalue weighted by molar-refractivity contribution is -0.136. The Hall–Kier alpha value is -2.53. The number of carbonyl (C=O) groups excluding carboxylic acids is 2. The predicted octanol–water partition coefficient (Wildman–Crippen LogP) is 2.66. The molecule has 0 atom stereocenters. The van der Waals surface area contributed by atoms with E-state index in [1.54, 1.807) is 36.4 Å². The molecule has 23 heavy (non-hydrogen) atoms. The number of anilines is 2. The first-order valence-electron chi connectivity index (χ1n) is 7.07. The second-order valence-corrected chi connectivity index (χ2v) is 5.64. The minimum Gasteiger partial charge on any atom is -0.378 e. The van der Waals surface area contributed by atoms with Gasteiger partial charge in [-0.2, -0.15) is 0 Å². The summed E-state index contributed by atoms with van der Waals surface area (Å²) < 4.78 is 0. The van der Waals surface area contributed by atoms with Crippen molar-refractivity contribution in [3.63, 3.8) is 0 Å². The largest absolute Gasteiger partial charge is 0.378 e. The van der Waals surface area contributed by atoms with Crippen molar-refractivity contribution in [1.82, 2.24) is 5.32 Å². The molecule has 2 amide bonds. The molecule has 2 rings (SSSR count). The van der Waals surface area contributed by atoms with Crippen molar-refractivity contribution in [2.75, 3.05) is 24.3 Å². The van der Waals surface area contributed by atoms with Crippen LogP contribution >= 0.6 is 11.6 Å². The van der Waals surface area contributed by atoms with E-state index in [2.05, 4.69) is 10.6 Å². The Labute approximate surface area is 140 Å². The summed E-state index contributed by atoms with van der Waals surface area (Å²) in [5.41, 5.74) is 2.37. The topological polar surface area (TPSA) is 61.4 Å². The number of halogens is 1. The fraction of sp³-hybridized carbons (Fsp3) is 0.176. The second kappa shape index (κ2) is 7.65. The molecular weight excluding hydrogens is 314 g/mol. The number of nitrogens with zero attached hydrogens (tertiary/aromatic N) is 1. The summed E-state index contributed by atoms with van der Waals surface area (Å²) in [5, 5.41) is 5.78. The Kier molecular flexibility index (Phi) is 5.60. The van der Waals surface area contributed by atoms with Gasteiger partial charge in [0.2, 0.25) is 0 Å². The van der Waals surface area contributed by atoms with E-state index in [4.69, 9.17) is 11.6 Å². The van der Waals surface area contributed by atoms with Gasteiger partial charge in [-0.05, 0) is 35.9 Å². The molecule has 2 N–H and O–H groups in total. The maximum atomic E-state index is 11.9. The molecule has 5 nitrogen and oxygen atoms in total. The number of carbonyl (C=O) groups is 2. The van der Waals surface area contributed by atoms with Crippen LogP contribution in [0.5, 0.6) is 0 Å². The van der Waals surface area contributed by atoms with Gasteiger partial charge in [0.05, 0.1) is 0 Å². The van der Waals surface area contributed by atoms with Gasteiger partial charge in [0.15, 0.2) is 0 Å². The molecule has 0 spiro atoms. The quantitative estimate of drug-likeness (QED) is 0.847. The maximum absolute atomic E-state index is 11.9. The van der Waals surface area contributed by atoms with Gasteiger partial charge in [-0.3, -0.25) is 9.59 Å². The zero-order chi connectivity index (χ0) is 16.8. The lowest BCUT2D eigenvalue weighted by atomic mass is 10.2. The summed E-state index contributed by atoms with van der Waals surface area (Å²) in [6.07, 6.45) is 0. The van der Waals surface area contributed by atoms with Gasteiger partial charge < -0.3 is 15.5 Å². The van der Waals surface area contributed by atoms with Gasteiger partial charge in [0, 0.05) is 37.0 Å². The standard InChI is InChI=1S/C17H18ClN3O2/c1-21(2)15-5-3-4-14(10-15)20-17(23)16(22)19-11-12-6-8-13(18)9-7-12/h3-10H,11H2,1-2H3,(H,19,22)(H,20,23). The van der Waals surface area contributed by atoms with Crippen molar-refractivity contribution >= 4 is 34.8 Å². The number of benzene rings is 2. The molecule has 2 aromatic carbocycles. The molecule has 2 aromatic rings. The highest BCUT2D eigenvalue weighted by atomic mass is 35.5. The molecule has 0 saturated carbocycles. The third kappa shape index (κ3) is 5.00. The third-order valence-electron chi connectivity index (χ3n) is 3.19. The van der Waals surface area contributed by atoms with Gasteiger partial charge in [0.1, 0.15) is 0 Å². The Morgan fingerprint density at radius 1 is 1.04 bits per heavy atom. The van der Waals surface area contributed by atoms with Crippen molar-refractivity contribution < 1.29 is 9.59 Å². The number of hydrogen-bond donors (Lipinski definition) is 2. The summed E-state index contributed by atoms with van der Waals surface area (Å²) in [4.78, 5) is 25.7. The molecule has 0 bridgehead atoms. The molecule has 0 aliphatic heterocycles. The smallest absolute Gasteiger partial charge is 0.313 e. The van der Waals surface area contributed by atoms with Crippen LogP contribution in [-0.4, -0.2) is 25.9 Å². The van der Waals surface area contributed by atoms with E-state index in [9.17, 15) is 9.59 Å². The van der Waals surface area contributed by atoms with Crippen LogP contribution in [0.1, 0.15) is 5.56 Å². The first-order chi connectivity index (χ1) is 11.0. The van der Waals surface area contributed by atoms with Gasteiger partial charge >= 0.3 is 11.8 Å². The van der Waals surface area contributed by atoms with Gasteiger partial charge in [-0.1, -0.05) is 29.8 Å². The van der Waals surface area contributed by atoms with Crippen LogP contribution in [0.2, 0.25) is 5.02 Å². The Morgan fingerprint density at radius 3 is 2.39 bits per heavy atom. The normalized spacial score (nSPS) is 10.0. The molecule has 0 saturated heterocycles. The molecule has 0 aliphatic carbocycles. The number of hydrogen-bond acceptors (Lipinski definition) is 3. The van der Waals surface area contributed by atoms with Crippen LogP contribution < -0.4 is 15.5 Å². The fourth-order valence-electron chi connectivity index (χ4n) is 1.91. The first-order valence-corrected chi connectivity index (χ1v) is 7.44. The minimum atomic E-state index is -0.699. The van der Waals surface area contributed by atoms with Gasteiger partial charge in [-0.25, -0.2) is 0 Å². The van der Waals surface area contributed by atoms with E-state index >= 15 is 0 Å². The van der Waals surface area contributed by atoms with E-state index in [1.807, 2.05) is 31.1 Å². The molecular formula is C17H18ClN3O2. The van der Waals surface area contributed by atoms with Gasteiger partial charge in [-0.15, -0.1) is 0 Å². The van der Waals surface area contributed by atoms with Gasteiger partial charge in [0.25, 0.3) is 0 Å². The summed E-state index contributed by atoms with van der Waals surface area (Å²) in [7, 11) is 3.81. The van der Waals surface area contributed by atoms with E-state index < -0.39 is 11.8 Å². The zero-order valence-corrected chi connectivity index (χ0v) is 13.7. The zero-order valence-electron chi connectivity index (χ0n) is 13.0. The van der Waals surface area contributed by atoms with E-state index in [0.717, 1.165) is 11.3 Å². The molecule has 0 radical (unpaired) electrons. The maximum Gasteiger partial charge on any atom is 0.313 e. The number of amides is 2. The Morgan fingerprint density at radius 2 is 1.74 bits per heavy atom. The molecule has 6 heteroatoms. The molecule has 0 aliphatic rings. The van der Waals surface area contributed by atoms with Crippen LogP contribution in [0.15, 0.2) is 48.5 Å². The van der Waals surface area contributed by atoms with E-state index in [0.29, 0.717) is 10.7 Å². The summed E-state index contributed by atoms with van der Waals surface area (Å²) in [6, 6.07) is 14.3. The van der Waals surface area contributed by atoms with Crippen molar-refractivity contribution in [2.24, 2.45) is 0 Å². The van der Waals surface area contributed by atoms with Crippen LogP contribution in [0, 0.1) is 0 Å². The van der Waals surface area contributed by atoms with Crippen molar-refractivity contribution in [3.05, 3.63) is 59.1 Å². The molecule has 0 heterocycles. The average Bonchev–Trinajstić information content (AvgIpc) is 2.54. The highest BCUT2D eigenvalue weighted by molar-refractivity contribution is 6.39.